The smallest absolute Gasteiger partial charge is 0.502 e. The molecular weight excluding hydrogens is 1500 g/mol. The highest BCUT2D eigenvalue weighted by Crippen LogP contribution is 2.34. The van der Waals surface area contributed by atoms with E-state index in [2.05, 4.69) is 118 Å². The molecule has 2 aliphatic carbocycles. The predicted octanol–water partition coefficient (Wildman–Crippen LogP) is 16.1. The third-order valence-corrected chi connectivity index (χ3v) is 48.9. The van der Waals surface area contributed by atoms with E-state index in [0.29, 0.717) is 62.3 Å². The molecule has 0 radical (unpaired) electrons. The number of carbonyl (C=O) groups excluding carboxylic acids is 2. The van der Waals surface area contributed by atoms with Crippen LogP contribution in [0.5, 0.6) is 0 Å². The van der Waals surface area contributed by atoms with E-state index in [1.807, 2.05) is 0 Å². The minimum absolute atomic E-state index is 0.00885. The molecule has 0 N–H and O–H groups in total. The average Bonchev–Trinajstić information content (AvgIpc) is 1.10. The van der Waals surface area contributed by atoms with Crippen LogP contribution in [0.2, 0.25) is 147 Å². The molecular formula is C74H148O24Si8. The number of epoxide rings is 1. The number of ether oxygens (including phenoxy) is 17. The minimum Gasteiger partial charge on any atom is -0.502 e. The standard InChI is InChI=1S/C26H50O5Si2.C18H34O9Si2.C16H34O5Si2.C14H30O5Si2/c1-7-27-19-23-9-11-25(12-10-23)21-29-17-18-32(3,4)31-33(5,6)30-22-26-15-13-24(14-16-26)20-28-8-2;1-28(2,9-5-7-21-11-15-13-23-17(19)25-15)27-29(3,4)10-6-8-22-12-16-14-24-18(20)26-16;1-22(2,9-5-7-17-11-16-14-20-16)21-23(3,4)10-6-8-19-15-12-18-13-15;1-20(2,11-5-13-15-7-8-16-13)19-21(3,4)12-6-14-17-9-10-18-14/h7-8,23-26H,1-2,9-22H2,3-6H3;15-16H,5-14H2,1-4H3;15-16H,5-14H2,1-4H3;13-14H,5-12H2,1-4H3. The molecule has 0 amide bonds. The van der Waals surface area contributed by atoms with Gasteiger partial charge in [-0.25, -0.2) is 9.59 Å². The van der Waals surface area contributed by atoms with Crippen LogP contribution < -0.4 is 0 Å². The summed E-state index contributed by atoms with van der Waals surface area (Å²) in [7, 11) is -14.0. The summed E-state index contributed by atoms with van der Waals surface area (Å²) in [6, 6.07) is 7.60. The molecule has 3 unspecified atom stereocenters. The second kappa shape index (κ2) is 49.5. The molecule has 6 heterocycles. The van der Waals surface area contributed by atoms with Gasteiger partial charge in [0.1, 0.15) is 25.4 Å². The summed E-state index contributed by atoms with van der Waals surface area (Å²) in [5.74, 6) is 2.72. The first-order valence-corrected chi connectivity index (χ1v) is 64.9. The first-order chi connectivity index (χ1) is 50.1. The van der Waals surface area contributed by atoms with Crippen molar-refractivity contribution < 1.29 is 111 Å². The van der Waals surface area contributed by atoms with Gasteiger partial charge in [0.25, 0.3) is 0 Å². The third-order valence-electron chi connectivity index (χ3n) is 19.9. The Morgan fingerprint density at radius 2 is 0.708 bits per heavy atom. The highest BCUT2D eigenvalue weighted by molar-refractivity contribution is 6.86. The van der Waals surface area contributed by atoms with Gasteiger partial charge in [0.15, 0.2) is 83.0 Å². The molecule has 8 aliphatic rings. The molecule has 106 heavy (non-hydrogen) atoms. The summed E-state index contributed by atoms with van der Waals surface area (Å²) in [6.07, 6.45) is 17.9. The van der Waals surface area contributed by atoms with Crippen molar-refractivity contribution >= 4 is 79.1 Å². The van der Waals surface area contributed by atoms with Crippen LogP contribution in [-0.4, -0.2) is 255 Å². The minimum atomic E-state index is -2.12. The maximum absolute atomic E-state index is 10.9. The molecule has 6 aliphatic heterocycles. The van der Waals surface area contributed by atoms with E-state index in [1.165, 1.54) is 63.5 Å². The Hall–Kier alpha value is -1.28. The number of hydrogen-bond acceptors (Lipinski definition) is 24. The molecule has 0 aromatic rings. The third kappa shape index (κ3) is 45.6. The van der Waals surface area contributed by atoms with Crippen molar-refractivity contribution in [1.29, 1.82) is 0 Å². The fourth-order valence-corrected chi connectivity index (χ4v) is 47.8. The second-order valence-corrected chi connectivity index (χ2v) is 69.2. The molecule has 0 spiro atoms. The highest BCUT2D eigenvalue weighted by Gasteiger charge is 2.39. The summed E-state index contributed by atoms with van der Waals surface area (Å²) in [5.41, 5.74) is 0. The van der Waals surface area contributed by atoms with Crippen LogP contribution in [0.1, 0.15) is 89.9 Å². The van der Waals surface area contributed by atoms with Crippen LogP contribution in [0.15, 0.2) is 25.7 Å². The van der Waals surface area contributed by atoms with Gasteiger partial charge in [-0.3, -0.25) is 0 Å². The van der Waals surface area contributed by atoms with Gasteiger partial charge in [-0.1, -0.05) is 13.2 Å². The van der Waals surface area contributed by atoms with Gasteiger partial charge in [-0.2, -0.15) is 0 Å². The monoisotopic (exact) mass is 1640 g/mol. The lowest BCUT2D eigenvalue weighted by atomic mass is 9.83. The molecule has 24 nitrogen and oxygen atoms in total. The van der Waals surface area contributed by atoms with E-state index >= 15 is 0 Å². The SMILES string of the molecule is C=COCC1CCC(COCC[Si](C)(C)O[Si](C)(C)OCC2CCC(COC=C)CC2)CC1.C[Si](C)(CCC1OCCO1)O[Si](C)(C)CCC1OCCO1.C[Si](C)(CCCOCC1CO1)O[Si](C)(C)CCCOC1COC1.C[Si](C)(CCCOCC1COC(=O)O1)O[Si](C)(C)CCCOCC1COC(=O)O1. The molecule has 0 aromatic heterocycles. The lowest BCUT2D eigenvalue weighted by Gasteiger charge is -2.35. The van der Waals surface area contributed by atoms with Crippen LogP contribution in [-0.2, 0) is 101 Å². The second-order valence-electron chi connectivity index (χ2n) is 34.7. The first-order valence-electron chi connectivity index (χ1n) is 40.3. The Bertz CT molecular complexity index is 2310. The van der Waals surface area contributed by atoms with Gasteiger partial charge < -0.3 is 101 Å². The molecule has 3 atom stereocenters. The van der Waals surface area contributed by atoms with Crippen molar-refractivity contribution in [3.8, 4) is 0 Å². The van der Waals surface area contributed by atoms with Gasteiger partial charge in [-0.05, 0) is 261 Å². The molecule has 8 fully saturated rings. The Kier molecular flexibility index (Phi) is 44.5. The zero-order valence-corrected chi connectivity index (χ0v) is 76.8. The summed E-state index contributed by atoms with van der Waals surface area (Å²) in [5, 5.41) is 0. The Balaban J connectivity index is 0.000000257. The fraction of sp³-hybridized carbons (Fsp3) is 0.919. The molecule has 6 saturated heterocycles. The topological polar surface area (TPSA) is 240 Å². The highest BCUT2D eigenvalue weighted by atomic mass is 28.4. The first kappa shape index (κ1) is 95.3. The van der Waals surface area contributed by atoms with E-state index in [0.717, 1.165) is 168 Å². The lowest BCUT2D eigenvalue weighted by molar-refractivity contribution is -0.129. The zero-order valence-electron chi connectivity index (χ0n) is 68.8. The molecule has 2 saturated carbocycles. The maximum Gasteiger partial charge on any atom is 0.508 e. The lowest BCUT2D eigenvalue weighted by Crippen LogP contribution is -2.47. The number of rotatable bonds is 51. The van der Waals surface area contributed by atoms with Gasteiger partial charge in [0.05, 0.1) is 91.8 Å². The Morgan fingerprint density at radius 3 is 1.06 bits per heavy atom. The van der Waals surface area contributed by atoms with Crippen LogP contribution in [0.3, 0.4) is 0 Å². The quantitative estimate of drug-likeness (QED) is 0.0181. The summed E-state index contributed by atoms with van der Waals surface area (Å²) in [6.45, 7) is 58.4. The van der Waals surface area contributed by atoms with E-state index in [9.17, 15) is 9.59 Å². The summed E-state index contributed by atoms with van der Waals surface area (Å²) >= 11 is 0. The Labute approximate surface area is 648 Å². The molecule has 0 aromatic carbocycles. The Morgan fingerprint density at radius 1 is 0.368 bits per heavy atom. The van der Waals surface area contributed by atoms with Crippen LogP contribution in [0.4, 0.5) is 9.59 Å². The van der Waals surface area contributed by atoms with Crippen molar-refractivity contribution in [2.75, 3.05) is 139 Å². The fourth-order valence-electron chi connectivity index (χ4n) is 14.4. The summed E-state index contributed by atoms with van der Waals surface area (Å²) < 4.78 is 124. The van der Waals surface area contributed by atoms with Crippen molar-refractivity contribution in [3.63, 3.8) is 0 Å². The van der Waals surface area contributed by atoms with E-state index < -0.39 is 79.1 Å². The van der Waals surface area contributed by atoms with Gasteiger partial charge in [0.2, 0.25) is 0 Å². The molecule has 32 heteroatoms. The largest absolute Gasteiger partial charge is 0.508 e. The van der Waals surface area contributed by atoms with Crippen molar-refractivity contribution in [3.05, 3.63) is 25.7 Å². The van der Waals surface area contributed by atoms with Gasteiger partial charge in [0, 0.05) is 46.2 Å². The van der Waals surface area contributed by atoms with Crippen molar-refractivity contribution in [2.24, 2.45) is 23.7 Å². The number of carbonyl (C=O) groups is 2. The van der Waals surface area contributed by atoms with Crippen molar-refractivity contribution in [1.82, 2.24) is 0 Å². The van der Waals surface area contributed by atoms with Gasteiger partial charge in [-0.15, -0.1) is 0 Å². The average molecular weight is 1650 g/mol. The zero-order chi connectivity index (χ0) is 77.6. The van der Waals surface area contributed by atoms with Crippen LogP contribution in [0, 0.1) is 23.7 Å². The molecule has 620 valence electrons. The van der Waals surface area contributed by atoms with E-state index in [-0.39, 0.29) is 38.0 Å². The van der Waals surface area contributed by atoms with Crippen molar-refractivity contribution in [2.45, 2.75) is 274 Å². The maximum atomic E-state index is 10.9. The molecule has 0 bridgehead atoms. The normalized spacial score (nSPS) is 23.6. The van der Waals surface area contributed by atoms with Crippen LogP contribution >= 0.6 is 0 Å². The predicted molar refractivity (Wildman–Crippen MR) is 432 cm³/mol. The van der Waals surface area contributed by atoms with E-state index in [1.54, 1.807) is 12.5 Å². The molecule has 8 rings (SSSR count). The summed E-state index contributed by atoms with van der Waals surface area (Å²) in [4.78, 5) is 21.7. The van der Waals surface area contributed by atoms with E-state index in [4.69, 9.17) is 101 Å². The van der Waals surface area contributed by atoms with Gasteiger partial charge >= 0.3 is 20.9 Å². The number of cyclic esters (lactones) is 4. The number of hydrogen-bond donors (Lipinski definition) is 0. The van der Waals surface area contributed by atoms with Crippen LogP contribution in [0.25, 0.3) is 0 Å².